The van der Waals surface area contributed by atoms with Crippen molar-refractivity contribution in [2.45, 2.75) is 38.1 Å². The molecule has 4 aromatic rings. The average molecular weight is 564 g/mol. The third kappa shape index (κ3) is 7.27. The number of benzene rings is 2. The molecule has 1 atom stereocenters. The number of hydrogen-bond acceptors (Lipinski definition) is 9. The quantitative estimate of drug-likeness (QED) is 0.178. The second kappa shape index (κ2) is 13.4. The average Bonchev–Trinajstić information content (AvgIpc) is 3.61. The van der Waals surface area contributed by atoms with Crippen LogP contribution in [0.2, 0.25) is 0 Å². The number of H-pyrrole nitrogens is 1. The fourth-order valence-electron chi connectivity index (χ4n) is 5.01. The van der Waals surface area contributed by atoms with Crippen molar-refractivity contribution in [1.29, 1.82) is 0 Å². The van der Waals surface area contributed by atoms with Gasteiger partial charge in [0.2, 0.25) is 5.91 Å². The van der Waals surface area contributed by atoms with Gasteiger partial charge in [0.05, 0.1) is 32.3 Å². The van der Waals surface area contributed by atoms with Crippen LogP contribution in [0.15, 0.2) is 48.8 Å². The lowest BCUT2D eigenvalue weighted by Gasteiger charge is -2.22. The van der Waals surface area contributed by atoms with Crippen molar-refractivity contribution < 1.29 is 23.8 Å². The lowest BCUT2D eigenvalue weighted by atomic mass is 10.2. The molecule has 11 nitrogen and oxygen atoms in total. The van der Waals surface area contributed by atoms with Gasteiger partial charge in [-0.3, -0.25) is 14.8 Å². The molecule has 4 N–H and O–H groups in total. The molecular formula is C29H34FN7O4. The molecule has 3 heterocycles. The monoisotopic (exact) mass is 563 g/mol. The van der Waals surface area contributed by atoms with Crippen molar-refractivity contribution in [2.24, 2.45) is 0 Å². The number of aliphatic hydroxyl groups excluding tert-OH is 1. The number of methoxy groups -OCH3 is 1. The van der Waals surface area contributed by atoms with E-state index >= 15 is 0 Å². The number of carbonyl (C=O) groups is 1. The van der Waals surface area contributed by atoms with Crippen molar-refractivity contribution in [1.82, 2.24) is 25.1 Å². The van der Waals surface area contributed by atoms with Gasteiger partial charge >= 0.3 is 0 Å². The Morgan fingerprint density at radius 3 is 2.93 bits per heavy atom. The van der Waals surface area contributed by atoms with E-state index in [-0.39, 0.29) is 18.9 Å². The standard InChI is InChI=1S/C29H34FN7O4/c1-40-25-15-23-24(16-26(25)41-11-3-2-9-37-10-5-8-22(37)17-38)31-18-32-29(23)34-27-13-21(35-36-27)14-28(39)33-20-7-4-6-19(30)12-20/h4,6-7,12-13,15-16,18,22,38H,2-3,5,8-11,14,17H2,1H3,(H,33,39)(H2,31,32,34,35,36)/t22-/m1/s1. The minimum atomic E-state index is -0.422. The van der Waals surface area contributed by atoms with Gasteiger partial charge < -0.3 is 25.2 Å². The number of halogens is 1. The van der Waals surface area contributed by atoms with E-state index in [0.29, 0.717) is 58.1 Å². The minimum Gasteiger partial charge on any atom is -0.493 e. The molecular weight excluding hydrogens is 529 g/mol. The number of ether oxygens (including phenoxy) is 2. The summed E-state index contributed by atoms with van der Waals surface area (Å²) in [5, 5.41) is 23.1. The Labute approximate surface area is 237 Å². The molecule has 0 unspecified atom stereocenters. The number of nitrogens with one attached hydrogen (secondary N) is 3. The number of carbonyl (C=O) groups excluding carboxylic acids is 1. The fourth-order valence-corrected chi connectivity index (χ4v) is 5.01. The molecule has 2 aromatic carbocycles. The molecule has 0 bridgehead atoms. The first kappa shape index (κ1) is 28.2. The summed E-state index contributed by atoms with van der Waals surface area (Å²) in [7, 11) is 1.59. The van der Waals surface area contributed by atoms with Crippen molar-refractivity contribution in [3.05, 3.63) is 60.3 Å². The zero-order valence-corrected chi connectivity index (χ0v) is 22.9. The lowest BCUT2D eigenvalue weighted by molar-refractivity contribution is -0.115. The van der Waals surface area contributed by atoms with Crippen molar-refractivity contribution in [2.75, 3.05) is 44.0 Å². The Balaban J connectivity index is 1.19. The first-order valence-electron chi connectivity index (χ1n) is 13.7. The largest absolute Gasteiger partial charge is 0.493 e. The van der Waals surface area contributed by atoms with Crippen LogP contribution in [-0.2, 0) is 11.2 Å². The number of aromatic amines is 1. The Bertz CT molecular complexity index is 1480. The molecule has 0 aliphatic carbocycles. The van der Waals surface area contributed by atoms with Gasteiger partial charge in [0.25, 0.3) is 0 Å². The molecule has 0 radical (unpaired) electrons. The van der Waals surface area contributed by atoms with E-state index in [1.54, 1.807) is 19.2 Å². The molecule has 2 aromatic heterocycles. The molecule has 12 heteroatoms. The highest BCUT2D eigenvalue weighted by atomic mass is 19.1. The van der Waals surface area contributed by atoms with Crippen LogP contribution in [0.1, 0.15) is 31.4 Å². The Hall–Kier alpha value is -4.29. The first-order chi connectivity index (χ1) is 20.0. The highest BCUT2D eigenvalue weighted by molar-refractivity contribution is 5.93. The van der Waals surface area contributed by atoms with E-state index in [9.17, 15) is 14.3 Å². The minimum absolute atomic E-state index is 0.0320. The molecule has 0 saturated carbocycles. The van der Waals surface area contributed by atoms with Crippen LogP contribution in [0.4, 0.5) is 21.7 Å². The molecule has 1 aliphatic heterocycles. The van der Waals surface area contributed by atoms with Gasteiger partial charge in [0.15, 0.2) is 17.3 Å². The van der Waals surface area contributed by atoms with Crippen LogP contribution in [0.25, 0.3) is 10.9 Å². The van der Waals surface area contributed by atoms with Gasteiger partial charge in [-0.25, -0.2) is 14.4 Å². The highest BCUT2D eigenvalue weighted by Gasteiger charge is 2.22. The maximum atomic E-state index is 13.4. The van der Waals surface area contributed by atoms with Crippen molar-refractivity contribution >= 4 is 34.1 Å². The van der Waals surface area contributed by atoms with Gasteiger partial charge in [0.1, 0.15) is 18.0 Å². The number of aromatic nitrogens is 4. The summed E-state index contributed by atoms with van der Waals surface area (Å²) in [5.41, 5.74) is 1.63. The van der Waals surface area contributed by atoms with Crippen LogP contribution >= 0.6 is 0 Å². The summed E-state index contributed by atoms with van der Waals surface area (Å²) in [6.45, 7) is 2.77. The molecule has 0 spiro atoms. The van der Waals surface area contributed by atoms with E-state index in [2.05, 4.69) is 35.7 Å². The predicted octanol–water partition coefficient (Wildman–Crippen LogP) is 4.04. The highest BCUT2D eigenvalue weighted by Crippen LogP contribution is 2.34. The van der Waals surface area contributed by atoms with Crippen LogP contribution in [-0.4, -0.2) is 75.5 Å². The number of fused-ring (bicyclic) bond motifs is 1. The van der Waals surface area contributed by atoms with Crippen LogP contribution in [0, 0.1) is 5.82 Å². The van der Waals surface area contributed by atoms with E-state index < -0.39 is 5.82 Å². The smallest absolute Gasteiger partial charge is 0.230 e. The summed E-state index contributed by atoms with van der Waals surface area (Å²) < 4.78 is 25.0. The third-order valence-corrected chi connectivity index (χ3v) is 7.06. The number of amides is 1. The van der Waals surface area contributed by atoms with E-state index in [1.807, 2.05) is 12.1 Å². The van der Waals surface area contributed by atoms with Gasteiger partial charge in [-0.1, -0.05) is 6.07 Å². The molecule has 1 fully saturated rings. The third-order valence-electron chi connectivity index (χ3n) is 7.06. The lowest BCUT2D eigenvalue weighted by Crippen LogP contribution is -2.33. The van der Waals surface area contributed by atoms with Crippen LogP contribution in [0.3, 0.4) is 0 Å². The summed E-state index contributed by atoms with van der Waals surface area (Å²) >= 11 is 0. The second-order valence-electron chi connectivity index (χ2n) is 9.95. The van der Waals surface area contributed by atoms with Crippen molar-refractivity contribution in [3.63, 3.8) is 0 Å². The van der Waals surface area contributed by atoms with Crippen molar-refractivity contribution in [3.8, 4) is 11.5 Å². The van der Waals surface area contributed by atoms with E-state index in [1.165, 1.54) is 24.5 Å². The number of aliphatic hydroxyl groups is 1. The summed E-state index contributed by atoms with van der Waals surface area (Å²) in [6, 6.07) is 11.4. The summed E-state index contributed by atoms with van der Waals surface area (Å²) in [5.74, 6) is 1.43. The summed E-state index contributed by atoms with van der Waals surface area (Å²) in [6.07, 6.45) is 5.56. The number of unbranched alkanes of at least 4 members (excludes halogenated alkanes) is 1. The number of anilines is 3. The van der Waals surface area contributed by atoms with Gasteiger partial charge in [-0.05, 0) is 63.0 Å². The Morgan fingerprint density at radius 2 is 2.10 bits per heavy atom. The zero-order chi connectivity index (χ0) is 28.6. The molecule has 5 rings (SSSR count). The Morgan fingerprint density at radius 1 is 1.20 bits per heavy atom. The predicted molar refractivity (Wildman–Crippen MR) is 153 cm³/mol. The summed E-state index contributed by atoms with van der Waals surface area (Å²) in [4.78, 5) is 23.5. The van der Waals surface area contributed by atoms with Crippen LogP contribution in [0.5, 0.6) is 11.5 Å². The number of likely N-dealkylation sites (tertiary alicyclic amines) is 1. The normalized spacial score (nSPS) is 15.2. The molecule has 216 valence electrons. The molecule has 1 amide bonds. The second-order valence-corrected chi connectivity index (χ2v) is 9.95. The number of nitrogens with zero attached hydrogens (tertiary/aromatic N) is 4. The van der Waals surface area contributed by atoms with Gasteiger partial charge in [0, 0.05) is 34.9 Å². The van der Waals surface area contributed by atoms with Crippen LogP contribution < -0.4 is 20.1 Å². The molecule has 1 aliphatic rings. The fraction of sp³-hybridized carbons (Fsp3) is 0.379. The maximum absolute atomic E-state index is 13.4. The van der Waals surface area contributed by atoms with Gasteiger partial charge in [-0.2, -0.15) is 5.10 Å². The maximum Gasteiger partial charge on any atom is 0.230 e. The van der Waals surface area contributed by atoms with E-state index in [4.69, 9.17) is 9.47 Å². The first-order valence-corrected chi connectivity index (χ1v) is 13.7. The topological polar surface area (TPSA) is 138 Å². The number of rotatable bonds is 13. The SMILES string of the molecule is COc1cc2c(Nc3cc(CC(=O)Nc4cccc(F)c4)[nH]n3)ncnc2cc1OCCCCN1CCC[C@@H]1CO. The molecule has 41 heavy (non-hydrogen) atoms. The van der Waals surface area contributed by atoms with Gasteiger partial charge in [-0.15, -0.1) is 0 Å². The molecule has 1 saturated heterocycles. The zero-order valence-electron chi connectivity index (χ0n) is 22.9. The Kier molecular flexibility index (Phi) is 9.22. The number of hydrogen-bond donors (Lipinski definition) is 4. The van der Waals surface area contributed by atoms with E-state index in [0.717, 1.165) is 38.8 Å².